The maximum atomic E-state index is 12.4. The van der Waals surface area contributed by atoms with Crippen LogP contribution in [0.3, 0.4) is 0 Å². The van der Waals surface area contributed by atoms with Crippen molar-refractivity contribution in [2.75, 3.05) is 11.6 Å². The Morgan fingerprint density at radius 3 is 2.56 bits per heavy atom. The van der Waals surface area contributed by atoms with Gasteiger partial charge in [-0.15, -0.1) is 10.2 Å². The zero-order valence-electron chi connectivity index (χ0n) is 17.0. The number of aromatic nitrogens is 2. The summed E-state index contributed by atoms with van der Waals surface area (Å²) in [6, 6.07) is 14.6. The van der Waals surface area contributed by atoms with E-state index in [0.29, 0.717) is 34.3 Å². The third-order valence-electron chi connectivity index (χ3n) is 4.09. The van der Waals surface area contributed by atoms with Gasteiger partial charge >= 0.3 is 0 Å². The maximum absolute atomic E-state index is 12.4. The highest BCUT2D eigenvalue weighted by Gasteiger charge is 2.17. The van der Waals surface area contributed by atoms with Gasteiger partial charge in [0.2, 0.25) is 19.3 Å². The molecule has 0 radical (unpaired) electrons. The van der Waals surface area contributed by atoms with Crippen LogP contribution in [-0.2, 0) is 21.2 Å². The van der Waals surface area contributed by atoms with Crippen LogP contribution in [0.15, 0.2) is 52.4 Å². The highest BCUT2D eigenvalue weighted by molar-refractivity contribution is 7.92. The van der Waals surface area contributed by atoms with E-state index in [4.69, 9.17) is 16.3 Å². The van der Waals surface area contributed by atoms with E-state index in [1.165, 1.54) is 6.08 Å². The lowest BCUT2D eigenvalue weighted by atomic mass is 10.1. The number of anilines is 1. The van der Waals surface area contributed by atoms with Crippen LogP contribution in [-0.4, -0.2) is 30.8 Å². The van der Waals surface area contributed by atoms with E-state index in [9.17, 15) is 18.5 Å². The molecule has 8 nitrogen and oxygen atoms in total. The average molecular weight is 489 g/mol. The Morgan fingerprint density at radius 2 is 1.97 bits per heavy atom. The van der Waals surface area contributed by atoms with Crippen molar-refractivity contribution < 1.29 is 17.9 Å². The molecule has 1 aromatic heterocycles. The topological polar surface area (TPSA) is 122 Å². The first-order valence-corrected chi connectivity index (χ1v) is 12.2. The third kappa shape index (κ3) is 6.13. The van der Waals surface area contributed by atoms with Crippen LogP contribution in [0, 0.1) is 18.3 Å². The van der Waals surface area contributed by atoms with Crippen LogP contribution in [0.1, 0.15) is 16.7 Å². The Labute approximate surface area is 194 Å². The van der Waals surface area contributed by atoms with Crippen molar-refractivity contribution in [1.29, 1.82) is 5.26 Å². The number of nitrogens with zero attached hydrogens (tertiary/aromatic N) is 3. The molecule has 0 aliphatic carbocycles. The van der Waals surface area contributed by atoms with Gasteiger partial charge in [-0.25, -0.2) is 8.42 Å². The summed E-state index contributed by atoms with van der Waals surface area (Å²) in [7, 11) is -3.54. The zero-order valence-corrected chi connectivity index (χ0v) is 19.4. The summed E-state index contributed by atoms with van der Waals surface area (Å²) in [6.45, 7) is 2.35. The first kappa shape index (κ1) is 23.4. The second kappa shape index (κ2) is 9.91. The van der Waals surface area contributed by atoms with Crippen molar-refractivity contribution in [2.24, 2.45) is 0 Å². The van der Waals surface area contributed by atoms with Crippen molar-refractivity contribution in [2.45, 2.75) is 17.9 Å². The first-order chi connectivity index (χ1) is 15.2. The molecule has 3 aromatic rings. The molecular formula is C21H17ClN4O4S2. The number of sulfone groups is 1. The molecule has 11 heteroatoms. The van der Waals surface area contributed by atoms with Crippen LogP contribution >= 0.6 is 22.9 Å². The highest BCUT2D eigenvalue weighted by Crippen LogP contribution is 2.27. The van der Waals surface area contributed by atoms with E-state index >= 15 is 0 Å². The lowest BCUT2D eigenvalue weighted by molar-refractivity contribution is -0.112. The summed E-state index contributed by atoms with van der Waals surface area (Å²) in [6.07, 6.45) is 2.33. The lowest BCUT2D eigenvalue weighted by Crippen LogP contribution is -2.13. The summed E-state index contributed by atoms with van der Waals surface area (Å²) < 4.78 is 28.5. The van der Waals surface area contributed by atoms with Gasteiger partial charge in [0.25, 0.3) is 5.91 Å². The summed E-state index contributed by atoms with van der Waals surface area (Å²) in [4.78, 5) is 12.4. The quantitative estimate of drug-likeness (QED) is 0.302. The lowest BCUT2D eigenvalue weighted by Gasteiger charge is -2.09. The van der Waals surface area contributed by atoms with E-state index in [1.54, 1.807) is 24.3 Å². The molecule has 1 amide bonds. The number of nitriles is 1. The Balaban J connectivity index is 1.70. The standard InChI is InChI=1S/C21H17ClN4O4S2/c1-13-3-5-14(6-4-13)12-30-18-8-7-15(10-17(18)22)9-16(11-23)19(27)24-20-25-26-21(31-20)32(2,28)29/h3-10H,12H2,1-2H3,(H,24,25,27)/b16-9-. The Morgan fingerprint density at radius 1 is 1.25 bits per heavy atom. The number of rotatable bonds is 7. The monoisotopic (exact) mass is 488 g/mol. The number of aryl methyl sites for hydroxylation is 1. The molecule has 0 aliphatic heterocycles. The number of nitrogens with one attached hydrogen (secondary N) is 1. The van der Waals surface area contributed by atoms with Gasteiger partial charge in [0, 0.05) is 6.26 Å². The van der Waals surface area contributed by atoms with Gasteiger partial charge in [-0.3, -0.25) is 10.1 Å². The molecule has 2 aromatic carbocycles. The summed E-state index contributed by atoms with van der Waals surface area (Å²) in [5.74, 6) is -0.283. The Hall–Kier alpha value is -3.26. The normalized spacial score (nSPS) is 11.6. The summed E-state index contributed by atoms with van der Waals surface area (Å²) in [5, 5.41) is 19.1. The predicted octanol–water partition coefficient (Wildman–Crippen LogP) is 4.03. The van der Waals surface area contributed by atoms with Crippen molar-refractivity contribution in [3.8, 4) is 11.8 Å². The first-order valence-electron chi connectivity index (χ1n) is 9.10. The smallest absolute Gasteiger partial charge is 0.268 e. The number of carbonyl (C=O) groups is 1. The van der Waals surface area contributed by atoms with Gasteiger partial charge in [-0.05, 0) is 36.3 Å². The predicted molar refractivity (Wildman–Crippen MR) is 122 cm³/mol. The highest BCUT2D eigenvalue weighted by atomic mass is 35.5. The second-order valence-corrected chi connectivity index (χ2v) is 10.3. The number of ether oxygens (including phenoxy) is 1. The molecule has 0 unspecified atom stereocenters. The van der Waals surface area contributed by atoms with E-state index in [2.05, 4.69) is 15.5 Å². The molecule has 164 valence electrons. The number of hydrogen-bond donors (Lipinski definition) is 1. The van der Waals surface area contributed by atoms with E-state index in [-0.39, 0.29) is 15.0 Å². The van der Waals surface area contributed by atoms with E-state index in [0.717, 1.165) is 17.4 Å². The minimum atomic E-state index is -3.54. The van der Waals surface area contributed by atoms with Gasteiger partial charge in [0.15, 0.2) is 0 Å². The molecule has 0 atom stereocenters. The van der Waals surface area contributed by atoms with Gasteiger partial charge in [-0.1, -0.05) is 58.8 Å². The van der Waals surface area contributed by atoms with Crippen molar-refractivity contribution in [3.63, 3.8) is 0 Å². The van der Waals surface area contributed by atoms with Crippen LogP contribution < -0.4 is 10.1 Å². The number of amides is 1. The number of benzene rings is 2. The van der Waals surface area contributed by atoms with Crippen molar-refractivity contribution in [3.05, 3.63) is 69.8 Å². The van der Waals surface area contributed by atoms with E-state index < -0.39 is 15.7 Å². The van der Waals surface area contributed by atoms with E-state index in [1.807, 2.05) is 31.2 Å². The fraction of sp³-hybridized carbons (Fsp3) is 0.143. The number of carbonyl (C=O) groups excluding carboxylic acids is 1. The number of hydrogen-bond acceptors (Lipinski definition) is 8. The molecule has 0 fully saturated rings. The second-order valence-electron chi connectivity index (χ2n) is 6.73. The molecule has 0 spiro atoms. The summed E-state index contributed by atoms with van der Waals surface area (Å²) >= 11 is 6.99. The third-order valence-corrected chi connectivity index (χ3v) is 6.89. The number of halogens is 1. The zero-order chi connectivity index (χ0) is 23.3. The Kier molecular flexibility index (Phi) is 7.25. The van der Waals surface area contributed by atoms with Crippen LogP contribution in [0.25, 0.3) is 6.08 Å². The molecule has 0 saturated heterocycles. The molecule has 0 bridgehead atoms. The molecular weight excluding hydrogens is 472 g/mol. The summed E-state index contributed by atoms with van der Waals surface area (Å²) in [5.41, 5.74) is 2.45. The maximum Gasteiger partial charge on any atom is 0.268 e. The largest absolute Gasteiger partial charge is 0.487 e. The van der Waals surface area contributed by atoms with Crippen LogP contribution in [0.5, 0.6) is 5.75 Å². The molecule has 0 aliphatic rings. The van der Waals surface area contributed by atoms with Gasteiger partial charge in [-0.2, -0.15) is 5.26 Å². The Bertz CT molecular complexity index is 1330. The van der Waals surface area contributed by atoms with Crippen molar-refractivity contribution >= 4 is 49.9 Å². The van der Waals surface area contributed by atoms with Crippen molar-refractivity contribution in [1.82, 2.24) is 10.2 Å². The van der Waals surface area contributed by atoms with Gasteiger partial charge < -0.3 is 4.74 Å². The van der Waals surface area contributed by atoms with Gasteiger partial charge in [0.1, 0.15) is 24.0 Å². The average Bonchev–Trinajstić information content (AvgIpc) is 3.21. The van der Waals surface area contributed by atoms with Gasteiger partial charge in [0.05, 0.1) is 5.02 Å². The molecule has 1 heterocycles. The molecule has 3 rings (SSSR count). The van der Waals surface area contributed by atoms with Crippen LogP contribution in [0.4, 0.5) is 5.13 Å². The van der Waals surface area contributed by atoms with Crippen LogP contribution in [0.2, 0.25) is 5.02 Å². The fourth-order valence-electron chi connectivity index (χ4n) is 2.46. The fourth-order valence-corrected chi connectivity index (χ4v) is 4.21. The molecule has 0 saturated carbocycles. The minimum Gasteiger partial charge on any atom is -0.487 e. The minimum absolute atomic E-state index is 0.0329. The molecule has 1 N–H and O–H groups in total. The molecule has 32 heavy (non-hydrogen) atoms. The SMILES string of the molecule is Cc1ccc(COc2ccc(/C=C(/C#N)C(=O)Nc3nnc(S(C)(=O)=O)s3)cc2Cl)cc1.